The lowest BCUT2D eigenvalue weighted by Gasteiger charge is -2.18. The van der Waals surface area contributed by atoms with Crippen LogP contribution in [-0.2, 0) is 4.79 Å². The van der Waals surface area contributed by atoms with Crippen molar-refractivity contribution in [2.45, 2.75) is 32.9 Å². The maximum atomic E-state index is 15.7. The number of aromatic amines is 1. The monoisotopic (exact) mass is 576 g/mol. The van der Waals surface area contributed by atoms with E-state index in [1.165, 1.54) is 24.3 Å². The molecular formula is C29H26F2N6O3S. The second-order valence-electron chi connectivity index (χ2n) is 9.43. The summed E-state index contributed by atoms with van der Waals surface area (Å²) in [5.41, 5.74) is 2.71. The molecule has 41 heavy (non-hydrogen) atoms. The SMILES string of the molecule is C=CC(=O)NC(C)c1cc(-c2nc(-c3cnc(C)nc3)c3ccsc3c2-c2c(F)cc(F)cc2OCC(C)O)n[nH]1. The minimum Gasteiger partial charge on any atom is -0.490 e. The van der Waals surface area contributed by atoms with E-state index in [9.17, 15) is 14.3 Å². The highest BCUT2D eigenvalue weighted by Crippen LogP contribution is 2.46. The Bertz CT molecular complexity index is 1750. The van der Waals surface area contributed by atoms with Crippen molar-refractivity contribution in [3.05, 3.63) is 77.8 Å². The third kappa shape index (κ3) is 5.70. The number of rotatable bonds is 9. The first kappa shape index (κ1) is 28.0. The minimum absolute atomic E-state index is 0.0220. The largest absolute Gasteiger partial charge is 0.490 e. The van der Waals surface area contributed by atoms with Crippen LogP contribution in [-0.4, -0.2) is 48.9 Å². The number of halogens is 2. The number of carbonyl (C=O) groups excluding carboxylic acids is 1. The molecule has 9 nitrogen and oxygen atoms in total. The Morgan fingerprint density at radius 3 is 2.66 bits per heavy atom. The van der Waals surface area contributed by atoms with Gasteiger partial charge in [0.2, 0.25) is 5.91 Å². The lowest BCUT2D eigenvalue weighted by Crippen LogP contribution is -2.24. The summed E-state index contributed by atoms with van der Waals surface area (Å²) in [7, 11) is 0. The number of aliphatic hydroxyl groups is 1. The molecule has 4 heterocycles. The molecule has 1 amide bonds. The third-order valence-corrected chi connectivity index (χ3v) is 7.19. The van der Waals surface area contributed by atoms with Crippen molar-refractivity contribution in [2.75, 3.05) is 6.61 Å². The molecule has 1 aromatic carbocycles. The first-order chi connectivity index (χ1) is 19.7. The fourth-order valence-electron chi connectivity index (χ4n) is 4.32. The zero-order valence-corrected chi connectivity index (χ0v) is 23.2. The van der Waals surface area contributed by atoms with Crippen molar-refractivity contribution in [2.24, 2.45) is 0 Å². The van der Waals surface area contributed by atoms with Crippen LogP contribution in [0.1, 0.15) is 31.4 Å². The van der Waals surface area contributed by atoms with E-state index in [0.717, 1.165) is 12.1 Å². The molecule has 2 unspecified atom stereocenters. The van der Waals surface area contributed by atoms with E-state index in [0.29, 0.717) is 44.1 Å². The maximum absolute atomic E-state index is 15.7. The number of pyridine rings is 1. The van der Waals surface area contributed by atoms with Gasteiger partial charge in [-0.05, 0) is 44.4 Å². The molecule has 0 saturated carbocycles. The summed E-state index contributed by atoms with van der Waals surface area (Å²) < 4.78 is 36.5. The number of ether oxygens (including phenoxy) is 1. The summed E-state index contributed by atoms with van der Waals surface area (Å²) in [6, 6.07) is 4.96. The first-order valence-corrected chi connectivity index (χ1v) is 13.5. The van der Waals surface area contributed by atoms with Crippen LogP contribution in [0.15, 0.2) is 54.7 Å². The van der Waals surface area contributed by atoms with Crippen LogP contribution in [0.25, 0.3) is 43.9 Å². The van der Waals surface area contributed by atoms with Gasteiger partial charge in [-0.2, -0.15) is 5.10 Å². The Balaban J connectivity index is 1.79. The molecule has 210 valence electrons. The van der Waals surface area contributed by atoms with Crippen LogP contribution in [0.2, 0.25) is 0 Å². The van der Waals surface area contributed by atoms with Crippen molar-refractivity contribution in [3.8, 4) is 39.5 Å². The number of hydrogen-bond donors (Lipinski definition) is 3. The van der Waals surface area contributed by atoms with Crippen molar-refractivity contribution in [1.29, 1.82) is 0 Å². The second kappa shape index (κ2) is 11.5. The fourth-order valence-corrected chi connectivity index (χ4v) is 5.27. The first-order valence-electron chi connectivity index (χ1n) is 12.6. The summed E-state index contributed by atoms with van der Waals surface area (Å²) in [6.45, 7) is 8.35. The van der Waals surface area contributed by atoms with E-state index >= 15 is 4.39 Å². The zero-order chi connectivity index (χ0) is 29.3. The number of carbonyl (C=O) groups is 1. The Hall–Kier alpha value is -4.55. The average Bonchev–Trinajstić information content (AvgIpc) is 3.62. The van der Waals surface area contributed by atoms with Crippen LogP contribution in [0, 0.1) is 18.6 Å². The average molecular weight is 577 g/mol. The number of H-pyrrole nitrogens is 1. The number of thiophene rings is 1. The van der Waals surface area contributed by atoms with Gasteiger partial charge in [0.1, 0.15) is 41.2 Å². The van der Waals surface area contributed by atoms with Gasteiger partial charge in [0.15, 0.2) is 0 Å². The van der Waals surface area contributed by atoms with E-state index in [2.05, 4.69) is 32.1 Å². The Labute approximate surface area is 238 Å². The maximum Gasteiger partial charge on any atom is 0.243 e. The van der Waals surface area contributed by atoms with Gasteiger partial charge >= 0.3 is 0 Å². The number of benzene rings is 1. The van der Waals surface area contributed by atoms with Crippen molar-refractivity contribution < 1.29 is 23.4 Å². The molecular weight excluding hydrogens is 550 g/mol. The van der Waals surface area contributed by atoms with Crippen molar-refractivity contribution in [1.82, 2.24) is 30.5 Å². The second-order valence-corrected chi connectivity index (χ2v) is 10.3. The molecule has 0 bridgehead atoms. The van der Waals surface area contributed by atoms with Gasteiger partial charge < -0.3 is 15.2 Å². The van der Waals surface area contributed by atoms with Crippen LogP contribution >= 0.6 is 11.3 Å². The molecule has 0 aliphatic rings. The predicted molar refractivity (Wildman–Crippen MR) is 152 cm³/mol. The van der Waals surface area contributed by atoms with Gasteiger partial charge in [-0.1, -0.05) is 6.58 Å². The summed E-state index contributed by atoms with van der Waals surface area (Å²) in [5.74, 6) is -1.55. The van der Waals surface area contributed by atoms with Gasteiger partial charge in [0.05, 0.1) is 29.1 Å². The summed E-state index contributed by atoms with van der Waals surface area (Å²) in [4.78, 5) is 25.4. The van der Waals surface area contributed by atoms with Gasteiger partial charge in [0, 0.05) is 45.7 Å². The quantitative estimate of drug-likeness (QED) is 0.197. The Kier molecular flexibility index (Phi) is 7.86. The Morgan fingerprint density at radius 1 is 1.20 bits per heavy atom. The van der Waals surface area contributed by atoms with E-state index in [-0.39, 0.29) is 29.5 Å². The van der Waals surface area contributed by atoms with Crippen molar-refractivity contribution in [3.63, 3.8) is 0 Å². The van der Waals surface area contributed by atoms with Crippen LogP contribution in [0.4, 0.5) is 8.78 Å². The standard InChI is InChI=1S/C29H26F2N6O3S/c1-5-24(39)34-15(3)21-10-22(37-36-21)28-26(25-20(31)8-18(30)9-23(25)40-13-14(2)38)29-19(6-7-41-29)27(35-28)17-11-32-16(4)33-12-17/h5-12,14-15,38H,1,13H2,2-4H3,(H,34,39)(H,36,37). The Morgan fingerprint density at radius 2 is 1.95 bits per heavy atom. The fraction of sp³-hybridized carbons (Fsp3) is 0.207. The molecule has 3 N–H and O–H groups in total. The van der Waals surface area contributed by atoms with Gasteiger partial charge in [-0.15, -0.1) is 11.3 Å². The lowest BCUT2D eigenvalue weighted by molar-refractivity contribution is -0.117. The summed E-state index contributed by atoms with van der Waals surface area (Å²) in [5, 5.41) is 22.5. The lowest BCUT2D eigenvalue weighted by atomic mass is 9.97. The number of nitrogens with one attached hydrogen (secondary N) is 2. The normalized spacial score (nSPS) is 12.7. The molecule has 0 saturated heterocycles. The predicted octanol–water partition coefficient (Wildman–Crippen LogP) is 5.52. The number of hydrogen-bond acceptors (Lipinski definition) is 8. The number of nitrogens with zero attached hydrogens (tertiary/aromatic N) is 4. The van der Waals surface area contributed by atoms with Crippen molar-refractivity contribution >= 4 is 27.3 Å². The number of aromatic nitrogens is 5. The molecule has 0 aliphatic heterocycles. The van der Waals surface area contributed by atoms with Gasteiger partial charge in [-0.3, -0.25) is 9.89 Å². The van der Waals surface area contributed by atoms with E-state index in [1.807, 2.05) is 11.4 Å². The molecule has 0 aliphatic carbocycles. The number of aliphatic hydroxyl groups excluding tert-OH is 1. The molecule has 5 rings (SSSR count). The number of fused-ring (bicyclic) bond motifs is 1. The molecule has 4 aromatic heterocycles. The topological polar surface area (TPSA) is 126 Å². The highest BCUT2D eigenvalue weighted by molar-refractivity contribution is 7.18. The molecule has 12 heteroatoms. The van der Waals surface area contributed by atoms with Crippen LogP contribution < -0.4 is 10.1 Å². The van der Waals surface area contributed by atoms with E-state index < -0.39 is 23.8 Å². The van der Waals surface area contributed by atoms with Gasteiger partial charge in [-0.25, -0.2) is 23.7 Å². The van der Waals surface area contributed by atoms with Gasteiger partial charge in [0.25, 0.3) is 0 Å². The number of amides is 1. The summed E-state index contributed by atoms with van der Waals surface area (Å²) in [6.07, 6.45) is 3.60. The minimum atomic E-state index is -0.876. The highest BCUT2D eigenvalue weighted by atomic mass is 32.1. The van der Waals surface area contributed by atoms with E-state index in [4.69, 9.17) is 9.72 Å². The van der Waals surface area contributed by atoms with Crippen LogP contribution in [0.5, 0.6) is 5.75 Å². The summed E-state index contributed by atoms with van der Waals surface area (Å²) >= 11 is 1.35. The zero-order valence-electron chi connectivity index (χ0n) is 22.4. The van der Waals surface area contributed by atoms with Crippen LogP contribution in [0.3, 0.4) is 0 Å². The molecule has 0 radical (unpaired) electrons. The third-order valence-electron chi connectivity index (χ3n) is 6.26. The smallest absolute Gasteiger partial charge is 0.243 e. The molecule has 5 aromatic rings. The molecule has 0 fully saturated rings. The molecule has 0 spiro atoms. The van der Waals surface area contributed by atoms with E-state index in [1.54, 1.807) is 32.3 Å². The highest BCUT2D eigenvalue weighted by Gasteiger charge is 2.27. The molecule has 2 atom stereocenters. The number of aryl methyl sites for hydroxylation is 1.